The quantitative estimate of drug-likeness (QED) is 0.794. The lowest BCUT2D eigenvalue weighted by Gasteiger charge is -1.87. The Hall–Kier alpha value is -1.74. The predicted molar refractivity (Wildman–Crippen MR) is 57.9 cm³/mol. The van der Waals surface area contributed by atoms with Gasteiger partial charge in [0.05, 0.1) is 0 Å². The van der Waals surface area contributed by atoms with Crippen molar-refractivity contribution in [3.05, 3.63) is 41.1 Å². The fourth-order valence-corrected chi connectivity index (χ4v) is 1.45. The summed E-state index contributed by atoms with van der Waals surface area (Å²) in [7, 11) is 0. The highest BCUT2D eigenvalue weighted by atomic mass is 35.5. The molecule has 0 aliphatic heterocycles. The highest BCUT2D eigenvalue weighted by Gasteiger charge is 2.01. The van der Waals surface area contributed by atoms with E-state index >= 15 is 0 Å². The van der Waals surface area contributed by atoms with E-state index < -0.39 is 5.97 Å². The molecule has 0 aliphatic rings. The number of aliphatic carboxylic acids is 1. The van der Waals surface area contributed by atoms with Gasteiger partial charge in [-0.25, -0.2) is 4.79 Å². The Bertz CT molecular complexity index is 540. The second-order valence-electron chi connectivity index (χ2n) is 3.00. The summed E-state index contributed by atoms with van der Waals surface area (Å²) >= 11 is 5.80. The SMILES string of the molecule is O=C(O)C=Cc1cc2cc(Cl)ccc2o1. The first-order chi connectivity index (χ1) is 7.15. The fourth-order valence-electron chi connectivity index (χ4n) is 1.27. The van der Waals surface area contributed by atoms with Gasteiger partial charge in [0.1, 0.15) is 11.3 Å². The Balaban J connectivity index is 2.43. The number of fused-ring (bicyclic) bond motifs is 1. The summed E-state index contributed by atoms with van der Waals surface area (Å²) in [6.07, 6.45) is 2.43. The van der Waals surface area contributed by atoms with Crippen LogP contribution >= 0.6 is 11.6 Å². The van der Waals surface area contributed by atoms with Gasteiger partial charge in [0.15, 0.2) is 0 Å². The summed E-state index contributed by atoms with van der Waals surface area (Å²) in [6, 6.07) is 6.97. The first kappa shape index (κ1) is 9.80. The van der Waals surface area contributed by atoms with Gasteiger partial charge in [-0.2, -0.15) is 0 Å². The van der Waals surface area contributed by atoms with Crippen molar-refractivity contribution in [3.63, 3.8) is 0 Å². The second kappa shape index (κ2) is 3.79. The van der Waals surface area contributed by atoms with Crippen LogP contribution in [0, 0.1) is 0 Å². The van der Waals surface area contributed by atoms with Crippen molar-refractivity contribution in [1.29, 1.82) is 0 Å². The zero-order chi connectivity index (χ0) is 10.8. The molecule has 4 heteroatoms. The van der Waals surface area contributed by atoms with Crippen LogP contribution in [-0.4, -0.2) is 11.1 Å². The lowest BCUT2D eigenvalue weighted by molar-refractivity contribution is -0.131. The van der Waals surface area contributed by atoms with E-state index in [4.69, 9.17) is 21.1 Å². The largest absolute Gasteiger partial charge is 0.478 e. The summed E-state index contributed by atoms with van der Waals surface area (Å²) in [4.78, 5) is 10.3. The minimum absolute atomic E-state index is 0.495. The van der Waals surface area contributed by atoms with Crippen molar-refractivity contribution < 1.29 is 14.3 Å². The van der Waals surface area contributed by atoms with E-state index in [0.29, 0.717) is 16.4 Å². The maximum absolute atomic E-state index is 10.3. The van der Waals surface area contributed by atoms with Crippen molar-refractivity contribution in [3.8, 4) is 0 Å². The molecule has 1 aromatic carbocycles. The van der Waals surface area contributed by atoms with Crippen LogP contribution in [-0.2, 0) is 4.79 Å². The van der Waals surface area contributed by atoms with Crippen LogP contribution in [0.25, 0.3) is 17.0 Å². The Morgan fingerprint density at radius 2 is 2.20 bits per heavy atom. The van der Waals surface area contributed by atoms with Gasteiger partial charge in [-0.05, 0) is 30.3 Å². The molecule has 76 valence electrons. The average molecular weight is 223 g/mol. The third-order valence-corrected chi connectivity index (χ3v) is 2.12. The number of benzene rings is 1. The molecule has 2 aromatic rings. The topological polar surface area (TPSA) is 50.4 Å². The summed E-state index contributed by atoms with van der Waals surface area (Å²) in [5, 5.41) is 9.92. The molecule has 0 saturated carbocycles. The Morgan fingerprint density at radius 3 is 2.93 bits per heavy atom. The van der Waals surface area contributed by atoms with Gasteiger partial charge < -0.3 is 9.52 Å². The third kappa shape index (κ3) is 2.19. The number of carboxylic acid groups (broad SMARTS) is 1. The molecule has 1 aromatic heterocycles. The van der Waals surface area contributed by atoms with E-state index in [1.807, 2.05) is 0 Å². The number of hydrogen-bond donors (Lipinski definition) is 1. The number of rotatable bonds is 2. The predicted octanol–water partition coefficient (Wildman–Crippen LogP) is 3.18. The van der Waals surface area contributed by atoms with E-state index in [1.54, 1.807) is 24.3 Å². The minimum Gasteiger partial charge on any atom is -0.478 e. The molecule has 0 fully saturated rings. The summed E-state index contributed by atoms with van der Waals surface area (Å²) < 4.78 is 5.36. The molecule has 0 atom stereocenters. The molecule has 0 bridgehead atoms. The van der Waals surface area contributed by atoms with Gasteiger partial charge in [-0.3, -0.25) is 0 Å². The monoisotopic (exact) mass is 222 g/mol. The van der Waals surface area contributed by atoms with Gasteiger partial charge >= 0.3 is 5.97 Å². The normalized spacial score (nSPS) is 11.3. The number of carbonyl (C=O) groups is 1. The number of halogens is 1. The number of carboxylic acids is 1. The van der Waals surface area contributed by atoms with Gasteiger partial charge in [-0.15, -0.1) is 0 Å². The first-order valence-corrected chi connectivity index (χ1v) is 4.63. The van der Waals surface area contributed by atoms with Gasteiger partial charge in [0, 0.05) is 16.5 Å². The van der Waals surface area contributed by atoms with E-state index in [0.717, 1.165) is 11.5 Å². The highest BCUT2D eigenvalue weighted by Crippen LogP contribution is 2.23. The van der Waals surface area contributed by atoms with Crippen LogP contribution in [0.2, 0.25) is 5.02 Å². The molecule has 0 aliphatic carbocycles. The van der Waals surface area contributed by atoms with Crippen molar-refractivity contribution in [2.45, 2.75) is 0 Å². The maximum atomic E-state index is 10.3. The van der Waals surface area contributed by atoms with Gasteiger partial charge in [0.25, 0.3) is 0 Å². The van der Waals surface area contributed by atoms with E-state index in [-0.39, 0.29) is 0 Å². The molecule has 1 heterocycles. The Morgan fingerprint density at radius 1 is 1.40 bits per heavy atom. The van der Waals surface area contributed by atoms with Crippen LogP contribution < -0.4 is 0 Å². The lowest BCUT2D eigenvalue weighted by Crippen LogP contribution is -1.84. The van der Waals surface area contributed by atoms with Crippen LogP contribution in [0.15, 0.2) is 34.8 Å². The molecule has 0 unspecified atom stereocenters. The van der Waals surface area contributed by atoms with Gasteiger partial charge in [0.2, 0.25) is 0 Å². The summed E-state index contributed by atoms with van der Waals surface area (Å²) in [5.74, 6) is -0.511. The van der Waals surface area contributed by atoms with Crippen LogP contribution in [0.5, 0.6) is 0 Å². The lowest BCUT2D eigenvalue weighted by atomic mass is 10.2. The molecule has 0 saturated heterocycles. The van der Waals surface area contributed by atoms with Crippen molar-refractivity contribution in [2.24, 2.45) is 0 Å². The van der Waals surface area contributed by atoms with Crippen molar-refractivity contribution in [2.75, 3.05) is 0 Å². The van der Waals surface area contributed by atoms with Crippen molar-refractivity contribution in [1.82, 2.24) is 0 Å². The minimum atomic E-state index is -1.01. The number of furan rings is 1. The molecule has 1 N–H and O–H groups in total. The second-order valence-corrected chi connectivity index (χ2v) is 3.44. The Kier molecular flexibility index (Phi) is 2.47. The van der Waals surface area contributed by atoms with Crippen LogP contribution in [0.3, 0.4) is 0 Å². The smallest absolute Gasteiger partial charge is 0.328 e. The number of hydrogen-bond acceptors (Lipinski definition) is 2. The molecule has 0 radical (unpaired) electrons. The molecule has 3 nitrogen and oxygen atoms in total. The average Bonchev–Trinajstić information content (AvgIpc) is 2.56. The standard InChI is InChI=1S/C11H7ClO3/c12-8-1-3-10-7(5-8)6-9(15-10)2-4-11(13)14/h1-6H,(H,13,14). The summed E-state index contributed by atoms with van der Waals surface area (Å²) in [5.41, 5.74) is 0.685. The van der Waals surface area contributed by atoms with Crippen molar-refractivity contribution >= 4 is 34.6 Å². The molecular formula is C11H7ClO3. The van der Waals surface area contributed by atoms with E-state index in [1.165, 1.54) is 6.08 Å². The highest BCUT2D eigenvalue weighted by molar-refractivity contribution is 6.31. The van der Waals surface area contributed by atoms with Crippen LogP contribution in [0.4, 0.5) is 0 Å². The van der Waals surface area contributed by atoms with Crippen LogP contribution in [0.1, 0.15) is 5.76 Å². The molecule has 15 heavy (non-hydrogen) atoms. The molecular weight excluding hydrogens is 216 g/mol. The first-order valence-electron chi connectivity index (χ1n) is 4.25. The third-order valence-electron chi connectivity index (χ3n) is 1.89. The molecule has 0 amide bonds. The fraction of sp³-hybridized carbons (Fsp3) is 0. The Labute approximate surface area is 90.6 Å². The van der Waals surface area contributed by atoms with Gasteiger partial charge in [-0.1, -0.05) is 11.6 Å². The van der Waals surface area contributed by atoms with E-state index in [9.17, 15) is 4.79 Å². The molecule has 0 spiro atoms. The zero-order valence-electron chi connectivity index (χ0n) is 7.61. The molecule has 2 rings (SSSR count). The maximum Gasteiger partial charge on any atom is 0.328 e. The van der Waals surface area contributed by atoms with E-state index in [2.05, 4.69) is 0 Å². The zero-order valence-corrected chi connectivity index (χ0v) is 8.36. The summed E-state index contributed by atoms with van der Waals surface area (Å²) in [6.45, 7) is 0.